The van der Waals surface area contributed by atoms with E-state index in [2.05, 4.69) is 10.2 Å². The van der Waals surface area contributed by atoms with Crippen LogP contribution in [0.1, 0.15) is 22.8 Å². The number of rotatable bonds is 6. The lowest BCUT2D eigenvalue weighted by atomic mass is 10.4. The van der Waals surface area contributed by atoms with Gasteiger partial charge in [0, 0.05) is 23.4 Å². The van der Waals surface area contributed by atoms with Gasteiger partial charge < -0.3 is 9.12 Å². The number of hydrogen-bond donors (Lipinski definition) is 0. The number of imidazole rings is 1. The molecule has 0 amide bonds. The molecule has 24 heavy (non-hydrogen) atoms. The second-order valence-corrected chi connectivity index (χ2v) is 8.21. The highest BCUT2D eigenvalue weighted by atomic mass is 32.2. The van der Waals surface area contributed by atoms with Gasteiger partial charge in [-0.25, -0.2) is 17.6 Å². The molecule has 0 bridgehead atoms. The molecule has 0 N–H and O–H groups in total. The van der Waals surface area contributed by atoms with Crippen LogP contribution in [0.2, 0.25) is 0 Å². The number of thiazole rings is 1. The summed E-state index contributed by atoms with van der Waals surface area (Å²) in [7, 11) is -0.377. The Balaban J connectivity index is 2.17. The Morgan fingerprint density at radius 3 is 2.67 bits per heavy atom. The van der Waals surface area contributed by atoms with Crippen LogP contribution in [0.15, 0.2) is 22.6 Å². The van der Waals surface area contributed by atoms with Crippen molar-refractivity contribution < 1.29 is 17.5 Å². The van der Waals surface area contributed by atoms with Crippen LogP contribution in [0.4, 0.5) is 0 Å². The first-order valence-corrected chi connectivity index (χ1v) is 9.77. The van der Waals surface area contributed by atoms with Crippen LogP contribution >= 0.6 is 11.3 Å². The van der Waals surface area contributed by atoms with Crippen LogP contribution in [0, 0.1) is 13.8 Å². The van der Waals surface area contributed by atoms with Gasteiger partial charge in [0.05, 0.1) is 23.7 Å². The van der Waals surface area contributed by atoms with E-state index in [9.17, 15) is 13.0 Å². The first-order valence-electron chi connectivity index (χ1n) is 7.37. The molecule has 0 saturated heterocycles. The molecule has 0 aliphatic heterocycles. The van der Waals surface area contributed by atoms with E-state index in [0.29, 0.717) is 6.54 Å². The third kappa shape index (κ3) is 4.62. The van der Waals surface area contributed by atoms with Crippen molar-refractivity contribution in [1.82, 2.24) is 9.13 Å². The van der Waals surface area contributed by atoms with E-state index in [1.807, 2.05) is 54.0 Å². The predicted molar refractivity (Wildman–Crippen MR) is 90.7 cm³/mol. The third-order valence-corrected chi connectivity index (χ3v) is 5.71. The maximum atomic E-state index is 10.7. The van der Waals surface area contributed by atoms with Crippen molar-refractivity contribution >= 4 is 27.7 Å². The van der Waals surface area contributed by atoms with Crippen LogP contribution in [-0.2, 0) is 30.8 Å². The zero-order chi connectivity index (χ0) is 17.9. The van der Waals surface area contributed by atoms with Crippen molar-refractivity contribution in [2.45, 2.75) is 26.8 Å². The molecule has 2 aromatic heterocycles. The second kappa shape index (κ2) is 7.41. The van der Waals surface area contributed by atoms with Gasteiger partial charge in [-0.05, 0) is 20.3 Å². The maximum absolute atomic E-state index is 10.7. The largest absolute Gasteiger partial charge is 0.748 e. The second-order valence-electron chi connectivity index (χ2n) is 5.51. The molecule has 0 aliphatic carbocycles. The molecule has 0 saturated carbocycles. The molecule has 2 heterocycles. The van der Waals surface area contributed by atoms with Gasteiger partial charge >= 0.3 is 5.82 Å². The third-order valence-electron chi connectivity index (χ3n) is 3.78. The number of hydrogen-bond acceptors (Lipinski definition) is 6. The van der Waals surface area contributed by atoms with E-state index >= 15 is 0 Å². The summed E-state index contributed by atoms with van der Waals surface area (Å²) in [4.78, 5) is 2.00. The summed E-state index contributed by atoms with van der Waals surface area (Å²) >= 11 is 1.57. The molecule has 2 rings (SSSR count). The smallest absolute Gasteiger partial charge is 0.301 e. The van der Waals surface area contributed by atoms with Gasteiger partial charge in [-0.3, -0.25) is 0 Å². The summed E-state index contributed by atoms with van der Waals surface area (Å²) in [5.74, 6) is 0.397. The summed E-state index contributed by atoms with van der Waals surface area (Å²) in [5, 5.41) is 8.39. The SMILES string of the molecule is Cc1s/c(=N\N=C\c2n(C)cc[n+]2CCCS(=O)(=O)[O-])n(C)c1C. The average Bonchev–Trinajstić information content (AvgIpc) is 2.94. The van der Waals surface area contributed by atoms with E-state index in [1.165, 1.54) is 4.88 Å². The number of nitrogens with zero attached hydrogens (tertiary/aromatic N) is 5. The quantitative estimate of drug-likeness (QED) is 0.314. The fourth-order valence-corrected chi connectivity index (χ4v) is 3.58. The lowest BCUT2D eigenvalue weighted by Crippen LogP contribution is -2.37. The minimum atomic E-state index is -4.18. The zero-order valence-corrected chi connectivity index (χ0v) is 15.8. The molecule has 0 unspecified atom stereocenters. The molecule has 0 spiro atoms. The highest BCUT2D eigenvalue weighted by Gasteiger charge is 2.12. The van der Waals surface area contributed by atoms with Gasteiger partial charge in [0.2, 0.25) is 4.80 Å². The Kier molecular flexibility index (Phi) is 5.73. The molecule has 0 aromatic carbocycles. The summed E-state index contributed by atoms with van der Waals surface area (Å²) < 4.78 is 37.7. The van der Waals surface area contributed by atoms with Gasteiger partial charge in [0.15, 0.2) is 0 Å². The first kappa shape index (κ1) is 18.6. The fraction of sp³-hybridized carbons (Fsp3) is 0.500. The van der Waals surface area contributed by atoms with Crippen molar-refractivity contribution in [3.63, 3.8) is 0 Å². The van der Waals surface area contributed by atoms with Crippen molar-refractivity contribution in [2.24, 2.45) is 24.3 Å². The van der Waals surface area contributed by atoms with Crippen LogP contribution in [0.3, 0.4) is 0 Å². The van der Waals surface area contributed by atoms with E-state index in [1.54, 1.807) is 17.6 Å². The predicted octanol–water partition coefficient (Wildman–Crippen LogP) is 0.200. The van der Waals surface area contributed by atoms with Gasteiger partial charge in [-0.2, -0.15) is 0 Å². The van der Waals surface area contributed by atoms with Crippen LogP contribution in [-0.4, -0.2) is 34.1 Å². The monoisotopic (exact) mass is 371 g/mol. The van der Waals surface area contributed by atoms with E-state index in [4.69, 9.17) is 0 Å². The molecule has 0 atom stereocenters. The first-order chi connectivity index (χ1) is 11.2. The Hall–Kier alpha value is -1.78. The summed E-state index contributed by atoms with van der Waals surface area (Å²) in [5.41, 5.74) is 1.15. The number of aryl methyl sites for hydroxylation is 3. The fourth-order valence-electron chi connectivity index (χ4n) is 2.18. The molecule has 0 aliphatic rings. The van der Waals surface area contributed by atoms with Crippen molar-refractivity contribution in [1.29, 1.82) is 0 Å². The molecular weight excluding hydrogens is 350 g/mol. The van der Waals surface area contributed by atoms with Crippen LogP contribution < -0.4 is 9.37 Å². The van der Waals surface area contributed by atoms with Gasteiger partial charge in [-0.1, -0.05) is 0 Å². The number of aromatic nitrogens is 3. The molecule has 0 radical (unpaired) electrons. The summed E-state index contributed by atoms with van der Waals surface area (Å²) in [6, 6.07) is 0. The van der Waals surface area contributed by atoms with Gasteiger partial charge in [0.1, 0.15) is 18.6 Å². The Bertz CT molecular complexity index is 919. The maximum Gasteiger partial charge on any atom is 0.301 e. The van der Waals surface area contributed by atoms with E-state index < -0.39 is 10.1 Å². The average molecular weight is 371 g/mol. The molecular formula is C14H21N5O3S2. The summed E-state index contributed by atoms with van der Waals surface area (Å²) in [6.07, 6.45) is 5.54. The Morgan fingerprint density at radius 1 is 1.38 bits per heavy atom. The van der Waals surface area contributed by atoms with Crippen molar-refractivity contribution in [2.75, 3.05) is 5.75 Å². The molecule has 132 valence electrons. The highest BCUT2D eigenvalue weighted by Crippen LogP contribution is 2.07. The van der Waals surface area contributed by atoms with Gasteiger partial charge in [0.25, 0.3) is 0 Å². The minimum Gasteiger partial charge on any atom is -0.748 e. The molecule has 2 aromatic rings. The van der Waals surface area contributed by atoms with Crippen molar-refractivity contribution in [3.8, 4) is 0 Å². The lowest BCUT2D eigenvalue weighted by Gasteiger charge is -2.04. The van der Waals surface area contributed by atoms with E-state index in [-0.39, 0.29) is 12.2 Å². The molecule has 10 heteroatoms. The van der Waals surface area contributed by atoms with Crippen molar-refractivity contribution in [3.05, 3.63) is 33.6 Å². The molecule has 8 nitrogen and oxygen atoms in total. The van der Waals surface area contributed by atoms with Crippen LogP contribution in [0.5, 0.6) is 0 Å². The molecule has 0 fully saturated rings. The summed E-state index contributed by atoms with van der Waals surface area (Å²) in [6.45, 7) is 4.50. The normalized spacial score (nSPS) is 13.3. The standard InChI is InChI=1S/C14H21N5O3S2/c1-11-12(2)23-14(18(11)4)16-15-10-13-17(3)7-8-19(13)6-5-9-24(20,21)22/h7-8,10H,5-6,9H2,1-4H3. The Morgan fingerprint density at radius 2 is 2.08 bits per heavy atom. The van der Waals surface area contributed by atoms with Crippen LogP contribution in [0.25, 0.3) is 0 Å². The van der Waals surface area contributed by atoms with Gasteiger partial charge in [-0.15, -0.1) is 21.5 Å². The Labute approximate surface area is 145 Å². The highest BCUT2D eigenvalue weighted by molar-refractivity contribution is 7.85. The lowest BCUT2D eigenvalue weighted by molar-refractivity contribution is -0.697. The zero-order valence-electron chi connectivity index (χ0n) is 14.1. The minimum absolute atomic E-state index is 0.261. The topological polar surface area (TPSA) is 95.7 Å². The van der Waals surface area contributed by atoms with E-state index in [0.717, 1.165) is 16.3 Å².